The fourth-order valence-corrected chi connectivity index (χ4v) is 2.66. The summed E-state index contributed by atoms with van der Waals surface area (Å²) < 4.78 is 1.49. The van der Waals surface area contributed by atoms with E-state index in [1.807, 2.05) is 60.7 Å². The van der Waals surface area contributed by atoms with Crippen molar-refractivity contribution in [1.29, 1.82) is 0 Å². The molecule has 0 saturated heterocycles. The van der Waals surface area contributed by atoms with E-state index in [9.17, 15) is 4.79 Å². The Morgan fingerprint density at radius 2 is 1.45 bits per heavy atom. The SMILES string of the molecule is O=c1ccnc2c(-c3ccccc3)c(-c3ccccc3)[nH]n12. The van der Waals surface area contributed by atoms with Gasteiger partial charge in [-0.05, 0) is 5.56 Å². The summed E-state index contributed by atoms with van der Waals surface area (Å²) in [4.78, 5) is 16.5. The number of benzene rings is 2. The molecule has 4 aromatic rings. The first-order valence-electron chi connectivity index (χ1n) is 7.05. The van der Waals surface area contributed by atoms with Crippen LogP contribution in [0.25, 0.3) is 28.0 Å². The zero-order valence-corrected chi connectivity index (χ0v) is 11.7. The van der Waals surface area contributed by atoms with E-state index < -0.39 is 0 Å². The molecule has 4 rings (SSSR count). The fourth-order valence-electron chi connectivity index (χ4n) is 2.66. The van der Waals surface area contributed by atoms with Crippen LogP contribution in [0.5, 0.6) is 0 Å². The minimum absolute atomic E-state index is 0.121. The molecule has 0 fully saturated rings. The molecule has 2 heterocycles. The molecule has 0 atom stereocenters. The van der Waals surface area contributed by atoms with E-state index in [1.165, 1.54) is 10.6 Å². The highest BCUT2D eigenvalue weighted by atomic mass is 16.1. The lowest BCUT2D eigenvalue weighted by Gasteiger charge is -2.03. The lowest BCUT2D eigenvalue weighted by Crippen LogP contribution is -2.12. The van der Waals surface area contributed by atoms with Gasteiger partial charge in [-0.25, -0.2) is 9.50 Å². The molecule has 0 radical (unpaired) electrons. The Bertz CT molecular complexity index is 985. The molecule has 106 valence electrons. The summed E-state index contributed by atoms with van der Waals surface area (Å²) in [5.41, 5.74) is 4.39. The second-order valence-electron chi connectivity index (χ2n) is 5.04. The average molecular weight is 287 g/mol. The second kappa shape index (κ2) is 5.00. The van der Waals surface area contributed by atoms with E-state index in [1.54, 1.807) is 6.20 Å². The van der Waals surface area contributed by atoms with Crippen molar-refractivity contribution in [3.8, 4) is 22.4 Å². The average Bonchev–Trinajstić information content (AvgIpc) is 2.97. The molecule has 4 nitrogen and oxygen atoms in total. The van der Waals surface area contributed by atoms with Gasteiger partial charge in [0.2, 0.25) is 0 Å². The summed E-state index contributed by atoms with van der Waals surface area (Å²) in [6.45, 7) is 0. The van der Waals surface area contributed by atoms with Gasteiger partial charge in [0.1, 0.15) is 0 Å². The van der Waals surface area contributed by atoms with Gasteiger partial charge in [0.05, 0.1) is 11.3 Å². The molecule has 2 aromatic carbocycles. The van der Waals surface area contributed by atoms with Crippen molar-refractivity contribution in [3.05, 3.63) is 83.3 Å². The Kier molecular flexibility index (Phi) is 2.86. The molecule has 0 saturated carbocycles. The number of nitrogens with one attached hydrogen (secondary N) is 1. The van der Waals surface area contributed by atoms with Crippen molar-refractivity contribution < 1.29 is 0 Å². The topological polar surface area (TPSA) is 50.2 Å². The monoisotopic (exact) mass is 287 g/mol. The van der Waals surface area contributed by atoms with Gasteiger partial charge in [-0.1, -0.05) is 60.7 Å². The molecule has 0 aliphatic heterocycles. The molecule has 0 unspecified atom stereocenters. The zero-order valence-electron chi connectivity index (χ0n) is 11.7. The van der Waals surface area contributed by atoms with Crippen LogP contribution in [0, 0.1) is 0 Å². The van der Waals surface area contributed by atoms with E-state index in [2.05, 4.69) is 10.1 Å². The number of fused-ring (bicyclic) bond motifs is 1. The largest absolute Gasteiger partial charge is 0.288 e. The minimum Gasteiger partial charge on any atom is -0.288 e. The fraction of sp³-hybridized carbons (Fsp3) is 0. The summed E-state index contributed by atoms with van der Waals surface area (Å²) in [6.07, 6.45) is 1.55. The van der Waals surface area contributed by atoms with Crippen LogP contribution >= 0.6 is 0 Å². The second-order valence-corrected chi connectivity index (χ2v) is 5.04. The van der Waals surface area contributed by atoms with Gasteiger partial charge in [-0.2, -0.15) is 0 Å². The highest BCUT2D eigenvalue weighted by molar-refractivity contribution is 5.90. The Morgan fingerprint density at radius 1 is 0.818 bits per heavy atom. The summed E-state index contributed by atoms with van der Waals surface area (Å²) in [7, 11) is 0. The normalized spacial score (nSPS) is 10.9. The Labute approximate surface area is 126 Å². The van der Waals surface area contributed by atoms with E-state index in [0.717, 1.165) is 22.4 Å². The molecule has 1 N–H and O–H groups in total. The number of rotatable bonds is 2. The van der Waals surface area contributed by atoms with E-state index in [0.29, 0.717) is 5.65 Å². The zero-order chi connectivity index (χ0) is 14.9. The number of aromatic amines is 1. The van der Waals surface area contributed by atoms with Gasteiger partial charge in [0.25, 0.3) is 5.56 Å². The molecular formula is C18H13N3O. The molecule has 0 amide bonds. The molecule has 4 heteroatoms. The third-order valence-corrected chi connectivity index (χ3v) is 3.67. The number of hydrogen-bond acceptors (Lipinski definition) is 2. The first-order valence-corrected chi connectivity index (χ1v) is 7.05. The number of H-pyrrole nitrogens is 1. The van der Waals surface area contributed by atoms with Gasteiger partial charge in [0, 0.05) is 17.8 Å². The molecular weight excluding hydrogens is 274 g/mol. The predicted molar refractivity (Wildman–Crippen MR) is 86.7 cm³/mol. The smallest absolute Gasteiger partial charge is 0.272 e. The maximum Gasteiger partial charge on any atom is 0.272 e. The first-order chi connectivity index (χ1) is 10.8. The lowest BCUT2D eigenvalue weighted by atomic mass is 10.0. The standard InChI is InChI=1S/C18H13N3O/c22-15-11-12-19-18-16(13-7-3-1-4-8-13)17(20-21(15)18)14-9-5-2-6-10-14/h1-12,20H. The van der Waals surface area contributed by atoms with Crippen molar-refractivity contribution in [3.63, 3.8) is 0 Å². The van der Waals surface area contributed by atoms with Crippen molar-refractivity contribution in [2.45, 2.75) is 0 Å². The van der Waals surface area contributed by atoms with Crippen molar-refractivity contribution in [2.75, 3.05) is 0 Å². The van der Waals surface area contributed by atoms with Crippen molar-refractivity contribution in [2.24, 2.45) is 0 Å². The van der Waals surface area contributed by atoms with Gasteiger partial charge < -0.3 is 0 Å². The van der Waals surface area contributed by atoms with Gasteiger partial charge in [0.15, 0.2) is 5.65 Å². The molecule has 0 aliphatic carbocycles. The molecule has 2 aromatic heterocycles. The summed E-state index contributed by atoms with van der Waals surface area (Å²) in [5, 5.41) is 3.19. The van der Waals surface area contributed by atoms with Crippen LogP contribution in [0.2, 0.25) is 0 Å². The quantitative estimate of drug-likeness (QED) is 0.614. The van der Waals surface area contributed by atoms with Gasteiger partial charge in [-0.3, -0.25) is 9.89 Å². The Hall–Kier alpha value is -3.14. The molecule has 22 heavy (non-hydrogen) atoms. The van der Waals surface area contributed by atoms with E-state index in [-0.39, 0.29) is 5.56 Å². The van der Waals surface area contributed by atoms with Crippen molar-refractivity contribution >= 4 is 5.65 Å². The molecule has 0 bridgehead atoms. The highest BCUT2D eigenvalue weighted by Crippen LogP contribution is 2.33. The Morgan fingerprint density at radius 3 is 2.14 bits per heavy atom. The van der Waals surface area contributed by atoms with Gasteiger partial charge >= 0.3 is 0 Å². The van der Waals surface area contributed by atoms with E-state index >= 15 is 0 Å². The number of aromatic nitrogens is 3. The molecule has 0 spiro atoms. The number of nitrogens with zero attached hydrogens (tertiary/aromatic N) is 2. The van der Waals surface area contributed by atoms with Crippen molar-refractivity contribution in [1.82, 2.24) is 14.6 Å². The summed E-state index contributed by atoms with van der Waals surface area (Å²) >= 11 is 0. The van der Waals surface area contributed by atoms with Crippen LogP contribution in [-0.2, 0) is 0 Å². The summed E-state index contributed by atoms with van der Waals surface area (Å²) in [6, 6.07) is 21.4. The third-order valence-electron chi connectivity index (χ3n) is 3.67. The minimum atomic E-state index is -0.121. The maximum atomic E-state index is 12.1. The first kappa shape index (κ1) is 12.6. The maximum absolute atomic E-state index is 12.1. The third kappa shape index (κ3) is 1.93. The van der Waals surface area contributed by atoms with E-state index in [4.69, 9.17) is 0 Å². The van der Waals surface area contributed by atoms with Crippen LogP contribution in [0.4, 0.5) is 0 Å². The van der Waals surface area contributed by atoms with Crippen LogP contribution in [-0.4, -0.2) is 14.6 Å². The number of hydrogen-bond donors (Lipinski definition) is 1. The highest BCUT2D eigenvalue weighted by Gasteiger charge is 2.16. The molecule has 0 aliphatic rings. The predicted octanol–water partition coefficient (Wildman–Crippen LogP) is 3.36. The van der Waals surface area contributed by atoms with Crippen LogP contribution in [0.15, 0.2) is 77.7 Å². The Balaban J connectivity index is 2.12. The lowest BCUT2D eigenvalue weighted by molar-refractivity contribution is 0.903. The van der Waals surface area contributed by atoms with Crippen LogP contribution in [0.3, 0.4) is 0 Å². The van der Waals surface area contributed by atoms with Crippen LogP contribution in [0.1, 0.15) is 0 Å². The summed E-state index contributed by atoms with van der Waals surface area (Å²) in [5.74, 6) is 0. The van der Waals surface area contributed by atoms with Gasteiger partial charge in [-0.15, -0.1) is 0 Å². The van der Waals surface area contributed by atoms with Crippen LogP contribution < -0.4 is 5.56 Å².